The topological polar surface area (TPSA) is 128 Å². The fourth-order valence-corrected chi connectivity index (χ4v) is 3.68. The lowest BCUT2D eigenvalue weighted by atomic mass is 10.1. The van der Waals surface area contributed by atoms with Crippen LogP contribution in [0.15, 0.2) is 53.7 Å². The number of H-pyrrole nitrogens is 1. The van der Waals surface area contributed by atoms with E-state index < -0.39 is 15.8 Å². The van der Waals surface area contributed by atoms with Gasteiger partial charge in [-0.2, -0.15) is 0 Å². The summed E-state index contributed by atoms with van der Waals surface area (Å²) in [5.41, 5.74) is 1.31. The molecule has 3 heterocycles. The standard InChI is InChI=1S/C21H20N2O7S/c1-31(26,27)20-5-2-14(11-22-20)29-16-8-13(18-3-4-19(23-18)21(24)25)9-17(10-16)30-15-6-7-28-12-15/h2-5,8-11,15,23H,6-7,12H2,1H3,(H,24,25)/t15-/m0/s1. The molecule has 0 saturated carbocycles. The van der Waals surface area contributed by atoms with Crippen LogP contribution in [0.3, 0.4) is 0 Å². The Bertz CT molecular complexity index is 1200. The third kappa shape index (κ3) is 5.04. The van der Waals surface area contributed by atoms with Crippen molar-refractivity contribution < 1.29 is 32.5 Å². The minimum absolute atomic E-state index is 0.0496. The largest absolute Gasteiger partial charge is 0.488 e. The summed E-state index contributed by atoms with van der Waals surface area (Å²) in [6.07, 6.45) is 3.09. The van der Waals surface area contributed by atoms with Crippen LogP contribution in [0.4, 0.5) is 0 Å². The molecule has 2 aromatic heterocycles. The normalized spacial score (nSPS) is 16.2. The van der Waals surface area contributed by atoms with Crippen LogP contribution in [0, 0.1) is 0 Å². The molecule has 0 unspecified atom stereocenters. The summed E-state index contributed by atoms with van der Waals surface area (Å²) in [6, 6.07) is 11.2. The van der Waals surface area contributed by atoms with Gasteiger partial charge in [0.1, 0.15) is 29.0 Å². The lowest BCUT2D eigenvalue weighted by Crippen LogP contribution is -2.15. The van der Waals surface area contributed by atoms with Gasteiger partial charge in [0.2, 0.25) is 0 Å². The predicted octanol–water partition coefficient (Wildman–Crippen LogP) is 3.14. The first-order chi connectivity index (χ1) is 14.8. The average Bonchev–Trinajstić information content (AvgIpc) is 3.40. The number of ether oxygens (including phenoxy) is 3. The van der Waals surface area contributed by atoms with Gasteiger partial charge in [-0.15, -0.1) is 0 Å². The van der Waals surface area contributed by atoms with E-state index in [1.807, 2.05) is 0 Å². The van der Waals surface area contributed by atoms with Crippen LogP contribution in [0.5, 0.6) is 17.2 Å². The van der Waals surface area contributed by atoms with Crippen molar-refractivity contribution in [3.8, 4) is 28.5 Å². The first-order valence-electron chi connectivity index (χ1n) is 9.44. The van der Waals surface area contributed by atoms with Crippen molar-refractivity contribution in [1.29, 1.82) is 0 Å². The van der Waals surface area contributed by atoms with Crippen LogP contribution < -0.4 is 9.47 Å². The Labute approximate surface area is 178 Å². The van der Waals surface area contributed by atoms with Gasteiger partial charge in [0.25, 0.3) is 0 Å². The molecule has 4 rings (SSSR count). The zero-order valence-electron chi connectivity index (χ0n) is 16.6. The fraction of sp³-hybridized carbons (Fsp3) is 0.238. The van der Waals surface area contributed by atoms with Crippen LogP contribution in [0.2, 0.25) is 0 Å². The highest BCUT2D eigenvalue weighted by Gasteiger charge is 2.19. The second-order valence-electron chi connectivity index (χ2n) is 7.09. The van der Waals surface area contributed by atoms with Gasteiger partial charge in [-0.3, -0.25) is 0 Å². The van der Waals surface area contributed by atoms with Crippen molar-refractivity contribution >= 4 is 15.8 Å². The molecule has 0 amide bonds. The molecule has 1 fully saturated rings. The number of carboxylic acid groups (broad SMARTS) is 1. The summed E-state index contributed by atoms with van der Waals surface area (Å²) in [5.74, 6) is 0.245. The number of rotatable bonds is 7. The third-order valence-corrected chi connectivity index (χ3v) is 5.62. The number of sulfone groups is 1. The van der Waals surface area contributed by atoms with E-state index in [0.29, 0.717) is 41.7 Å². The summed E-state index contributed by atoms with van der Waals surface area (Å²) in [5, 5.41) is 9.12. The Morgan fingerprint density at radius 3 is 2.58 bits per heavy atom. The summed E-state index contributed by atoms with van der Waals surface area (Å²) >= 11 is 0. The van der Waals surface area contributed by atoms with E-state index in [1.165, 1.54) is 24.4 Å². The summed E-state index contributed by atoms with van der Waals surface area (Å²) < 4.78 is 40.4. The molecule has 3 aromatic rings. The first kappa shape index (κ1) is 20.9. The number of carbonyl (C=O) groups is 1. The van der Waals surface area contributed by atoms with Crippen molar-refractivity contribution in [3.05, 3.63) is 54.4 Å². The van der Waals surface area contributed by atoms with Crippen molar-refractivity contribution in [3.63, 3.8) is 0 Å². The molecular formula is C21H20N2O7S. The maximum atomic E-state index is 11.6. The minimum Gasteiger partial charge on any atom is -0.488 e. The van der Waals surface area contributed by atoms with E-state index in [4.69, 9.17) is 14.2 Å². The summed E-state index contributed by atoms with van der Waals surface area (Å²) in [4.78, 5) is 18.0. The Hall–Kier alpha value is -3.37. The van der Waals surface area contributed by atoms with E-state index in [1.54, 1.807) is 24.3 Å². The molecule has 0 radical (unpaired) electrons. The monoisotopic (exact) mass is 444 g/mol. The molecule has 1 saturated heterocycles. The maximum absolute atomic E-state index is 11.6. The molecule has 2 N–H and O–H groups in total. The van der Waals surface area contributed by atoms with Gasteiger partial charge in [-0.05, 0) is 36.4 Å². The molecule has 162 valence electrons. The number of hydrogen-bond acceptors (Lipinski definition) is 7. The Balaban J connectivity index is 1.65. The Morgan fingerprint density at radius 2 is 1.97 bits per heavy atom. The number of pyridine rings is 1. The molecule has 0 bridgehead atoms. The number of hydrogen-bond donors (Lipinski definition) is 2. The Kier molecular flexibility index (Phi) is 5.66. The number of aromatic amines is 1. The van der Waals surface area contributed by atoms with Gasteiger partial charge in [0, 0.05) is 30.0 Å². The van der Waals surface area contributed by atoms with Gasteiger partial charge >= 0.3 is 5.97 Å². The zero-order chi connectivity index (χ0) is 22.0. The molecule has 10 heteroatoms. The number of benzene rings is 1. The van der Waals surface area contributed by atoms with Gasteiger partial charge < -0.3 is 24.3 Å². The number of aromatic carboxylic acids is 1. The minimum atomic E-state index is -3.41. The fourth-order valence-electron chi connectivity index (χ4n) is 3.12. The molecule has 31 heavy (non-hydrogen) atoms. The number of nitrogens with zero attached hydrogens (tertiary/aromatic N) is 1. The Morgan fingerprint density at radius 1 is 1.16 bits per heavy atom. The van der Waals surface area contributed by atoms with Crippen LogP contribution in [-0.4, -0.2) is 55.0 Å². The lowest BCUT2D eigenvalue weighted by Gasteiger charge is -2.15. The smallest absolute Gasteiger partial charge is 0.352 e. The molecule has 1 aromatic carbocycles. The molecule has 9 nitrogen and oxygen atoms in total. The van der Waals surface area contributed by atoms with Gasteiger partial charge in [-0.25, -0.2) is 18.2 Å². The lowest BCUT2D eigenvalue weighted by molar-refractivity contribution is 0.0691. The van der Waals surface area contributed by atoms with Crippen LogP contribution >= 0.6 is 0 Å². The van der Waals surface area contributed by atoms with Crippen LogP contribution in [0.1, 0.15) is 16.9 Å². The SMILES string of the molecule is CS(=O)(=O)c1ccc(Oc2cc(O[C@H]3CCOC3)cc(-c3ccc(C(=O)O)[nH]3)c2)cn1. The zero-order valence-corrected chi connectivity index (χ0v) is 17.4. The highest BCUT2D eigenvalue weighted by Crippen LogP contribution is 2.33. The van der Waals surface area contributed by atoms with Gasteiger partial charge in [0.15, 0.2) is 14.9 Å². The maximum Gasteiger partial charge on any atom is 0.352 e. The van der Waals surface area contributed by atoms with E-state index in [-0.39, 0.29) is 16.8 Å². The summed E-state index contributed by atoms with van der Waals surface area (Å²) in [6.45, 7) is 1.12. The van der Waals surface area contributed by atoms with Crippen molar-refractivity contribution in [2.75, 3.05) is 19.5 Å². The summed E-state index contributed by atoms with van der Waals surface area (Å²) in [7, 11) is -3.41. The number of nitrogens with one attached hydrogen (secondary N) is 1. The van der Waals surface area contributed by atoms with Crippen LogP contribution in [0.25, 0.3) is 11.3 Å². The predicted molar refractivity (Wildman–Crippen MR) is 110 cm³/mol. The molecular weight excluding hydrogens is 424 g/mol. The quantitative estimate of drug-likeness (QED) is 0.569. The number of carboxylic acids is 1. The average molecular weight is 444 g/mol. The van der Waals surface area contributed by atoms with E-state index in [9.17, 15) is 18.3 Å². The number of aromatic nitrogens is 2. The molecule has 0 spiro atoms. The van der Waals surface area contributed by atoms with E-state index in [2.05, 4.69) is 9.97 Å². The molecule has 1 atom stereocenters. The first-order valence-corrected chi connectivity index (χ1v) is 11.3. The van der Waals surface area contributed by atoms with E-state index in [0.717, 1.165) is 12.7 Å². The molecule has 1 aliphatic rings. The van der Waals surface area contributed by atoms with Crippen molar-refractivity contribution in [1.82, 2.24) is 9.97 Å². The highest BCUT2D eigenvalue weighted by atomic mass is 32.2. The van der Waals surface area contributed by atoms with Crippen molar-refractivity contribution in [2.24, 2.45) is 0 Å². The van der Waals surface area contributed by atoms with Crippen LogP contribution in [-0.2, 0) is 14.6 Å². The van der Waals surface area contributed by atoms with E-state index >= 15 is 0 Å². The second-order valence-corrected chi connectivity index (χ2v) is 9.06. The molecule has 0 aliphatic carbocycles. The highest BCUT2D eigenvalue weighted by molar-refractivity contribution is 7.90. The molecule has 1 aliphatic heterocycles. The second kappa shape index (κ2) is 8.40. The third-order valence-electron chi connectivity index (χ3n) is 4.62. The van der Waals surface area contributed by atoms with Gasteiger partial charge in [-0.1, -0.05) is 0 Å². The van der Waals surface area contributed by atoms with Crippen molar-refractivity contribution in [2.45, 2.75) is 17.6 Å². The van der Waals surface area contributed by atoms with Gasteiger partial charge in [0.05, 0.1) is 19.4 Å².